The van der Waals surface area contributed by atoms with Crippen LogP contribution in [0.5, 0.6) is 0 Å². The van der Waals surface area contributed by atoms with Crippen molar-refractivity contribution < 1.29 is 12.8 Å². The molecule has 0 N–H and O–H groups in total. The Morgan fingerprint density at radius 3 is 2.50 bits per heavy atom. The van der Waals surface area contributed by atoms with Crippen molar-refractivity contribution in [2.24, 2.45) is 0 Å². The quantitative estimate of drug-likeness (QED) is 0.468. The number of sulfonamides is 1. The van der Waals surface area contributed by atoms with Gasteiger partial charge in [-0.25, -0.2) is 13.4 Å². The molecule has 2 heterocycles. The van der Waals surface area contributed by atoms with E-state index in [0.717, 1.165) is 16.3 Å². The topological polar surface area (TPSA) is 63.4 Å². The van der Waals surface area contributed by atoms with Gasteiger partial charge in [-0.05, 0) is 47.5 Å². The second-order valence-corrected chi connectivity index (χ2v) is 8.49. The minimum absolute atomic E-state index is 0.201. The van der Waals surface area contributed by atoms with Crippen molar-refractivity contribution in [3.63, 3.8) is 0 Å². The first-order valence-corrected chi connectivity index (χ1v) is 11.1. The van der Waals surface area contributed by atoms with Crippen molar-refractivity contribution in [1.82, 2.24) is 4.98 Å². The molecule has 4 aromatic rings. The van der Waals surface area contributed by atoms with Gasteiger partial charge in [-0.2, -0.15) is 0 Å². The van der Waals surface area contributed by atoms with Crippen LogP contribution in [0.2, 0.25) is 0 Å². The highest BCUT2D eigenvalue weighted by Gasteiger charge is 2.28. The molecule has 0 unspecified atom stereocenters. The van der Waals surface area contributed by atoms with E-state index in [9.17, 15) is 8.42 Å². The van der Waals surface area contributed by atoms with Crippen LogP contribution in [0.15, 0.2) is 65.1 Å². The minimum atomic E-state index is -3.20. The number of rotatable bonds is 2. The maximum atomic E-state index is 12.1. The molecule has 1 aliphatic heterocycles. The molecule has 0 atom stereocenters. The summed E-state index contributed by atoms with van der Waals surface area (Å²) in [5.41, 5.74) is 2.85. The van der Waals surface area contributed by atoms with Crippen LogP contribution in [0.4, 0.5) is 5.69 Å². The molecule has 5 rings (SSSR count). The van der Waals surface area contributed by atoms with E-state index in [4.69, 9.17) is 4.42 Å². The summed E-state index contributed by atoms with van der Waals surface area (Å²) < 4.78 is 31.6. The highest BCUT2D eigenvalue weighted by Crippen LogP contribution is 2.31. The standard InChI is InChI=1S/C20H16N2O3S.C2H6/c23-26(24)11-3-10-22(26)17-8-9-19-18(13-17)21-20(25-19)16-7-6-14-4-1-2-5-15(14)12-16;1-2/h1-2,4-9,12-13H,3,10-11H2;1-2H3. The van der Waals surface area contributed by atoms with Gasteiger partial charge in [0.05, 0.1) is 11.4 Å². The second kappa shape index (κ2) is 7.28. The smallest absolute Gasteiger partial charge is 0.235 e. The molecule has 1 aromatic heterocycles. The van der Waals surface area contributed by atoms with Crippen molar-refractivity contribution in [3.05, 3.63) is 60.7 Å². The lowest BCUT2D eigenvalue weighted by Crippen LogP contribution is -2.24. The summed E-state index contributed by atoms with van der Waals surface area (Å²) in [7, 11) is -3.20. The number of benzene rings is 3. The first-order valence-electron chi connectivity index (χ1n) is 9.50. The van der Waals surface area contributed by atoms with Crippen LogP contribution in [0, 0.1) is 0 Å². The van der Waals surface area contributed by atoms with Gasteiger partial charge in [-0.1, -0.05) is 44.2 Å². The van der Waals surface area contributed by atoms with Crippen molar-refractivity contribution in [1.29, 1.82) is 0 Å². The Morgan fingerprint density at radius 1 is 0.964 bits per heavy atom. The minimum Gasteiger partial charge on any atom is -0.436 e. The van der Waals surface area contributed by atoms with Gasteiger partial charge < -0.3 is 4.42 Å². The van der Waals surface area contributed by atoms with E-state index in [1.165, 1.54) is 4.31 Å². The van der Waals surface area contributed by atoms with Crippen molar-refractivity contribution in [2.75, 3.05) is 16.6 Å². The molecule has 3 aromatic carbocycles. The largest absolute Gasteiger partial charge is 0.436 e. The molecule has 6 heteroatoms. The maximum absolute atomic E-state index is 12.1. The molecule has 144 valence electrons. The lowest BCUT2D eigenvalue weighted by molar-refractivity contribution is 0.599. The maximum Gasteiger partial charge on any atom is 0.235 e. The third-order valence-electron chi connectivity index (χ3n) is 4.75. The molecule has 0 radical (unpaired) electrons. The number of nitrogens with zero attached hydrogens (tertiary/aromatic N) is 2. The number of hydrogen-bond donors (Lipinski definition) is 0. The average Bonchev–Trinajstić information content (AvgIpc) is 3.31. The Balaban J connectivity index is 0.000000932. The Morgan fingerprint density at radius 2 is 1.75 bits per heavy atom. The summed E-state index contributed by atoms with van der Waals surface area (Å²) >= 11 is 0. The van der Waals surface area contributed by atoms with E-state index in [1.807, 2.05) is 44.2 Å². The average molecular weight is 394 g/mol. The second-order valence-electron chi connectivity index (χ2n) is 6.47. The predicted molar refractivity (Wildman–Crippen MR) is 114 cm³/mol. The molecule has 5 nitrogen and oxygen atoms in total. The molecule has 0 aliphatic carbocycles. The third kappa shape index (κ3) is 3.24. The van der Waals surface area contributed by atoms with Crippen LogP contribution in [-0.2, 0) is 10.0 Å². The summed E-state index contributed by atoms with van der Waals surface area (Å²) in [5, 5.41) is 2.28. The van der Waals surface area contributed by atoms with Gasteiger partial charge in [0.2, 0.25) is 15.9 Å². The van der Waals surface area contributed by atoms with E-state index in [2.05, 4.69) is 17.1 Å². The van der Waals surface area contributed by atoms with Crippen LogP contribution in [0.25, 0.3) is 33.3 Å². The molecule has 1 aliphatic rings. The summed E-state index contributed by atoms with van der Waals surface area (Å²) in [6.45, 7) is 4.52. The van der Waals surface area contributed by atoms with E-state index < -0.39 is 10.0 Å². The summed E-state index contributed by atoms with van der Waals surface area (Å²) in [6, 6.07) is 19.6. The zero-order valence-electron chi connectivity index (χ0n) is 15.9. The highest BCUT2D eigenvalue weighted by atomic mass is 32.2. The van der Waals surface area contributed by atoms with Crippen molar-refractivity contribution in [2.45, 2.75) is 20.3 Å². The normalized spacial score (nSPS) is 15.6. The Labute approximate surface area is 164 Å². The number of aromatic nitrogens is 1. The first-order chi connectivity index (χ1) is 13.6. The summed E-state index contributed by atoms with van der Waals surface area (Å²) in [6.07, 6.45) is 0.654. The Bertz CT molecular complexity index is 1250. The van der Waals surface area contributed by atoms with Gasteiger partial charge in [-0.15, -0.1) is 0 Å². The molecule has 1 fully saturated rings. The number of oxazole rings is 1. The molecular weight excluding hydrogens is 372 g/mol. The molecular formula is C22H22N2O3S. The Kier molecular flexibility index (Phi) is 4.81. The van der Waals surface area contributed by atoms with E-state index in [1.54, 1.807) is 18.2 Å². The van der Waals surface area contributed by atoms with Crippen LogP contribution in [-0.4, -0.2) is 25.7 Å². The molecule has 0 bridgehead atoms. The van der Waals surface area contributed by atoms with Gasteiger partial charge in [0.15, 0.2) is 5.58 Å². The summed E-state index contributed by atoms with van der Waals surface area (Å²) in [4.78, 5) is 4.58. The molecule has 1 saturated heterocycles. The van der Waals surface area contributed by atoms with Gasteiger partial charge >= 0.3 is 0 Å². The van der Waals surface area contributed by atoms with Crippen molar-refractivity contribution in [3.8, 4) is 11.5 Å². The lowest BCUT2D eigenvalue weighted by atomic mass is 10.1. The van der Waals surface area contributed by atoms with Crippen LogP contribution < -0.4 is 4.31 Å². The van der Waals surface area contributed by atoms with Crippen molar-refractivity contribution >= 4 is 37.6 Å². The fraction of sp³-hybridized carbons (Fsp3) is 0.227. The Hall–Kier alpha value is -2.86. The fourth-order valence-corrected chi connectivity index (χ4v) is 5.00. The first kappa shape index (κ1) is 18.5. The molecule has 0 amide bonds. The lowest BCUT2D eigenvalue weighted by Gasteiger charge is -2.16. The third-order valence-corrected chi connectivity index (χ3v) is 6.62. The molecule has 0 spiro atoms. The molecule has 28 heavy (non-hydrogen) atoms. The summed E-state index contributed by atoms with van der Waals surface area (Å²) in [5.74, 6) is 0.735. The molecule has 0 saturated carbocycles. The number of anilines is 1. The predicted octanol–water partition coefficient (Wildman–Crippen LogP) is 5.21. The highest BCUT2D eigenvalue weighted by molar-refractivity contribution is 7.93. The van der Waals surface area contributed by atoms with Crippen LogP contribution in [0.1, 0.15) is 20.3 Å². The fourth-order valence-electron chi connectivity index (χ4n) is 3.45. The van der Waals surface area contributed by atoms with E-state index in [0.29, 0.717) is 35.6 Å². The van der Waals surface area contributed by atoms with E-state index in [-0.39, 0.29) is 5.75 Å². The zero-order valence-corrected chi connectivity index (χ0v) is 16.7. The van der Waals surface area contributed by atoms with Gasteiger partial charge in [0, 0.05) is 12.1 Å². The van der Waals surface area contributed by atoms with Gasteiger partial charge in [-0.3, -0.25) is 4.31 Å². The number of fused-ring (bicyclic) bond motifs is 2. The van der Waals surface area contributed by atoms with Gasteiger partial charge in [0.1, 0.15) is 5.52 Å². The van der Waals surface area contributed by atoms with E-state index >= 15 is 0 Å². The van der Waals surface area contributed by atoms with Gasteiger partial charge in [0.25, 0.3) is 0 Å². The zero-order chi connectivity index (χ0) is 19.7. The number of hydrogen-bond acceptors (Lipinski definition) is 4. The monoisotopic (exact) mass is 394 g/mol. The van der Waals surface area contributed by atoms with Crippen LogP contribution >= 0.6 is 0 Å². The van der Waals surface area contributed by atoms with Crippen LogP contribution in [0.3, 0.4) is 0 Å². The SMILES string of the molecule is CC.O=S1(=O)CCCN1c1ccc2oc(-c3ccc4ccccc4c3)nc2c1.